The molecule has 2 heteroatoms. The summed E-state index contributed by atoms with van der Waals surface area (Å²) < 4.78 is 2.10. The highest BCUT2D eigenvalue weighted by molar-refractivity contribution is 6.01. The normalized spacial score (nSPS) is 11.4. The van der Waals surface area contributed by atoms with Crippen LogP contribution in [0.15, 0.2) is 65.5 Å². The number of hydrogen-bond acceptors (Lipinski definition) is 1. The van der Waals surface area contributed by atoms with Gasteiger partial charge in [-0.25, -0.2) is 0 Å². The number of hydrogen-bond donors (Lipinski definition) is 0. The third-order valence-corrected chi connectivity index (χ3v) is 3.98. The number of aryl methyl sites for hydroxylation is 1. The van der Waals surface area contributed by atoms with Crippen molar-refractivity contribution in [2.75, 3.05) is 0 Å². The maximum absolute atomic E-state index is 12.7. The number of fused-ring (bicyclic) bond motifs is 3. The maximum Gasteiger partial charge on any atom is 0.197 e. The largest absolute Gasteiger partial charge is 0.343 e. The zero-order valence-corrected chi connectivity index (χ0v) is 11.1. The molecule has 0 N–H and O–H groups in total. The summed E-state index contributed by atoms with van der Waals surface area (Å²) in [6.07, 6.45) is 0. The average molecular weight is 259 g/mol. The summed E-state index contributed by atoms with van der Waals surface area (Å²) in [5.74, 6) is 0. The molecule has 0 fully saturated rings. The fourth-order valence-electron chi connectivity index (χ4n) is 2.92. The summed E-state index contributed by atoms with van der Waals surface area (Å²) >= 11 is 0. The van der Waals surface area contributed by atoms with E-state index in [9.17, 15) is 4.79 Å². The van der Waals surface area contributed by atoms with Gasteiger partial charge in [-0.1, -0.05) is 36.4 Å². The first-order valence-electron chi connectivity index (χ1n) is 6.66. The van der Waals surface area contributed by atoms with E-state index < -0.39 is 0 Å². The Balaban J connectivity index is 2.35. The Morgan fingerprint density at radius 1 is 0.750 bits per heavy atom. The van der Waals surface area contributed by atoms with Gasteiger partial charge in [0, 0.05) is 17.8 Å². The van der Waals surface area contributed by atoms with Crippen molar-refractivity contribution in [3.8, 4) is 0 Å². The highest BCUT2D eigenvalue weighted by atomic mass is 16.1. The molecule has 0 aliphatic rings. The predicted molar refractivity (Wildman–Crippen MR) is 84.2 cm³/mol. The predicted octanol–water partition coefficient (Wildman–Crippen LogP) is 3.84. The van der Waals surface area contributed by atoms with Crippen LogP contribution >= 0.6 is 0 Å². The van der Waals surface area contributed by atoms with Crippen LogP contribution in [0.4, 0.5) is 0 Å². The van der Waals surface area contributed by atoms with Crippen LogP contribution in [0.3, 0.4) is 0 Å². The molecule has 0 aliphatic heterocycles. The van der Waals surface area contributed by atoms with Crippen LogP contribution in [0.5, 0.6) is 0 Å². The van der Waals surface area contributed by atoms with Crippen LogP contribution in [-0.2, 0) is 7.05 Å². The molecule has 4 rings (SSSR count). The van der Waals surface area contributed by atoms with E-state index in [1.165, 1.54) is 0 Å². The van der Waals surface area contributed by atoms with Crippen molar-refractivity contribution < 1.29 is 0 Å². The second-order valence-corrected chi connectivity index (χ2v) is 5.12. The van der Waals surface area contributed by atoms with Gasteiger partial charge in [0.1, 0.15) is 0 Å². The van der Waals surface area contributed by atoms with Gasteiger partial charge in [0.2, 0.25) is 0 Å². The van der Waals surface area contributed by atoms with Crippen molar-refractivity contribution in [3.63, 3.8) is 0 Å². The number of pyridine rings is 1. The molecule has 20 heavy (non-hydrogen) atoms. The molecule has 0 radical (unpaired) electrons. The van der Waals surface area contributed by atoms with Crippen LogP contribution in [0, 0.1) is 0 Å². The van der Waals surface area contributed by atoms with Crippen molar-refractivity contribution in [1.82, 2.24) is 4.57 Å². The number of rotatable bonds is 0. The van der Waals surface area contributed by atoms with Crippen LogP contribution in [0.25, 0.3) is 32.6 Å². The molecule has 0 aliphatic carbocycles. The molecule has 1 heterocycles. The molecule has 0 atom stereocenters. The number of aromatic nitrogens is 1. The summed E-state index contributed by atoms with van der Waals surface area (Å²) in [6, 6.07) is 20.0. The van der Waals surface area contributed by atoms with Gasteiger partial charge >= 0.3 is 0 Å². The van der Waals surface area contributed by atoms with Crippen LogP contribution in [-0.4, -0.2) is 4.57 Å². The van der Waals surface area contributed by atoms with E-state index in [1.807, 2.05) is 55.6 Å². The van der Waals surface area contributed by atoms with Crippen LogP contribution < -0.4 is 5.43 Å². The third kappa shape index (κ3) is 1.42. The van der Waals surface area contributed by atoms with Crippen molar-refractivity contribution in [2.24, 2.45) is 7.05 Å². The molecule has 0 saturated heterocycles. The average Bonchev–Trinajstić information content (AvgIpc) is 2.51. The van der Waals surface area contributed by atoms with Gasteiger partial charge in [0.05, 0.1) is 11.0 Å². The van der Waals surface area contributed by atoms with Gasteiger partial charge in [-0.2, -0.15) is 0 Å². The first-order chi connectivity index (χ1) is 9.75. The van der Waals surface area contributed by atoms with E-state index in [-0.39, 0.29) is 5.43 Å². The molecule has 0 unspecified atom stereocenters. The van der Waals surface area contributed by atoms with Crippen molar-refractivity contribution >= 4 is 32.6 Å². The summed E-state index contributed by atoms with van der Waals surface area (Å²) in [7, 11) is 2.01. The van der Waals surface area contributed by atoms with Gasteiger partial charge in [-0.05, 0) is 35.0 Å². The lowest BCUT2D eigenvalue weighted by Crippen LogP contribution is -2.08. The maximum atomic E-state index is 12.7. The number of nitrogens with zero attached hydrogens (tertiary/aromatic N) is 1. The Hall–Kier alpha value is -2.61. The molecule has 0 saturated carbocycles. The Morgan fingerprint density at radius 2 is 1.40 bits per heavy atom. The highest BCUT2D eigenvalue weighted by Crippen LogP contribution is 2.23. The molecule has 0 amide bonds. The van der Waals surface area contributed by atoms with E-state index in [0.29, 0.717) is 0 Å². The van der Waals surface area contributed by atoms with Gasteiger partial charge in [-0.3, -0.25) is 4.79 Å². The zero-order chi connectivity index (χ0) is 13.7. The summed E-state index contributed by atoms with van der Waals surface area (Å²) in [4.78, 5) is 12.7. The molecule has 3 aromatic carbocycles. The molecule has 0 spiro atoms. The fourth-order valence-corrected chi connectivity index (χ4v) is 2.92. The second kappa shape index (κ2) is 3.94. The van der Waals surface area contributed by atoms with Gasteiger partial charge < -0.3 is 4.57 Å². The summed E-state index contributed by atoms with van der Waals surface area (Å²) in [5, 5.41) is 3.82. The van der Waals surface area contributed by atoms with E-state index in [0.717, 1.165) is 32.6 Å². The fraction of sp³-hybridized carbons (Fsp3) is 0.0556. The first kappa shape index (κ1) is 11.2. The second-order valence-electron chi connectivity index (χ2n) is 5.12. The lowest BCUT2D eigenvalue weighted by Gasteiger charge is -2.11. The van der Waals surface area contributed by atoms with Crippen molar-refractivity contribution in [2.45, 2.75) is 0 Å². The van der Waals surface area contributed by atoms with Gasteiger partial charge in [-0.15, -0.1) is 0 Å². The molecule has 96 valence electrons. The zero-order valence-electron chi connectivity index (χ0n) is 11.1. The lowest BCUT2D eigenvalue weighted by atomic mass is 10.0. The van der Waals surface area contributed by atoms with Crippen molar-refractivity contribution in [3.05, 3.63) is 70.9 Å². The highest BCUT2D eigenvalue weighted by Gasteiger charge is 2.09. The smallest absolute Gasteiger partial charge is 0.197 e. The monoisotopic (exact) mass is 259 g/mol. The first-order valence-corrected chi connectivity index (χ1v) is 6.66. The lowest BCUT2D eigenvalue weighted by molar-refractivity contribution is 1.00. The minimum atomic E-state index is 0.111. The minimum Gasteiger partial charge on any atom is -0.343 e. The summed E-state index contributed by atoms with van der Waals surface area (Å²) in [5.41, 5.74) is 2.06. The molecular weight excluding hydrogens is 246 g/mol. The molecule has 1 aromatic heterocycles. The van der Waals surface area contributed by atoms with E-state index >= 15 is 0 Å². The Bertz CT molecular complexity index is 1030. The van der Waals surface area contributed by atoms with E-state index in [2.05, 4.69) is 16.7 Å². The molecule has 4 aromatic rings. The van der Waals surface area contributed by atoms with Crippen LogP contribution in [0.2, 0.25) is 0 Å². The Kier molecular flexibility index (Phi) is 2.21. The number of para-hydroxylation sites is 1. The van der Waals surface area contributed by atoms with E-state index in [4.69, 9.17) is 0 Å². The van der Waals surface area contributed by atoms with Gasteiger partial charge in [0.15, 0.2) is 5.43 Å². The Labute approximate surface area is 115 Å². The quantitative estimate of drug-likeness (QED) is 0.440. The molecular formula is C18H13NO. The molecule has 0 bridgehead atoms. The minimum absolute atomic E-state index is 0.111. The topological polar surface area (TPSA) is 22.0 Å². The Morgan fingerprint density at radius 3 is 2.20 bits per heavy atom. The summed E-state index contributed by atoms with van der Waals surface area (Å²) in [6.45, 7) is 0. The molecule has 2 nitrogen and oxygen atoms in total. The van der Waals surface area contributed by atoms with Gasteiger partial charge in [0.25, 0.3) is 0 Å². The van der Waals surface area contributed by atoms with Crippen LogP contribution in [0.1, 0.15) is 0 Å². The SMILES string of the molecule is Cn1c2ccccc2c(=O)c2cc3ccccc3cc21. The third-order valence-electron chi connectivity index (χ3n) is 3.98. The van der Waals surface area contributed by atoms with Crippen molar-refractivity contribution in [1.29, 1.82) is 0 Å². The van der Waals surface area contributed by atoms with E-state index in [1.54, 1.807) is 0 Å². The standard InChI is InChI=1S/C18H13NO/c1-19-16-9-5-4-8-14(16)18(20)15-10-12-6-2-3-7-13(12)11-17(15)19/h2-11H,1H3. The number of benzene rings is 3.